The van der Waals surface area contributed by atoms with Crippen LogP contribution in [0.5, 0.6) is 17.2 Å². The first kappa shape index (κ1) is 16.9. The molecule has 0 N–H and O–H groups in total. The molecule has 0 radical (unpaired) electrons. The Morgan fingerprint density at radius 2 is 1.65 bits per heavy atom. The van der Waals surface area contributed by atoms with E-state index >= 15 is 0 Å². The van der Waals surface area contributed by atoms with Crippen LogP contribution in [0.4, 0.5) is 0 Å². The number of epoxide rings is 1. The highest BCUT2D eigenvalue weighted by Crippen LogP contribution is 2.39. The van der Waals surface area contributed by atoms with E-state index < -0.39 is 5.97 Å². The Balaban J connectivity index is 1.29. The smallest absolute Gasteiger partial charge is 0.343 e. The summed E-state index contributed by atoms with van der Waals surface area (Å²) in [4.78, 5) is 12.2. The summed E-state index contributed by atoms with van der Waals surface area (Å²) in [5.74, 6) is 2.12. The summed E-state index contributed by atoms with van der Waals surface area (Å²) in [5.41, 5.74) is 0.486. The first-order valence-electron chi connectivity index (χ1n) is 8.96. The molecule has 2 aliphatic rings. The molecular formula is C21H22O5. The monoisotopic (exact) mass is 354 g/mol. The van der Waals surface area contributed by atoms with Crippen LogP contribution >= 0.6 is 0 Å². The highest BCUT2D eigenvalue weighted by molar-refractivity contribution is 5.91. The fourth-order valence-corrected chi connectivity index (χ4v) is 3.35. The molecule has 0 aromatic heterocycles. The van der Waals surface area contributed by atoms with Gasteiger partial charge in [-0.15, -0.1) is 0 Å². The van der Waals surface area contributed by atoms with Gasteiger partial charge in [0, 0.05) is 0 Å². The van der Waals surface area contributed by atoms with E-state index in [0.29, 0.717) is 41.8 Å². The quantitative estimate of drug-likeness (QED) is 0.448. The zero-order valence-corrected chi connectivity index (χ0v) is 14.7. The van der Waals surface area contributed by atoms with Gasteiger partial charge in [-0.1, -0.05) is 0 Å². The van der Waals surface area contributed by atoms with Gasteiger partial charge in [0.2, 0.25) is 0 Å². The van der Waals surface area contributed by atoms with E-state index in [0.717, 1.165) is 25.0 Å². The molecule has 0 bridgehead atoms. The van der Waals surface area contributed by atoms with Gasteiger partial charge in [0.15, 0.2) is 0 Å². The van der Waals surface area contributed by atoms with Gasteiger partial charge < -0.3 is 18.9 Å². The minimum Gasteiger partial charge on any atom is -0.497 e. The maximum absolute atomic E-state index is 12.2. The SMILES string of the molecule is COc1ccc(OC(=O)c2ccc(OCC3CCC4OC4C3)cc2)cc1. The molecule has 1 heterocycles. The van der Waals surface area contributed by atoms with Gasteiger partial charge in [-0.2, -0.15) is 0 Å². The van der Waals surface area contributed by atoms with Crippen LogP contribution in [0, 0.1) is 5.92 Å². The second kappa shape index (κ2) is 7.38. The second-order valence-electron chi connectivity index (χ2n) is 6.79. The number of methoxy groups -OCH3 is 1. The summed E-state index contributed by atoms with van der Waals surface area (Å²) in [7, 11) is 1.59. The molecule has 136 valence electrons. The standard InChI is InChI=1S/C21H22O5/c1-23-16-7-9-18(10-8-16)25-21(22)15-3-5-17(6-4-15)24-13-14-2-11-19-20(12-14)26-19/h3-10,14,19-20H,2,11-13H2,1H3. The van der Waals surface area contributed by atoms with Gasteiger partial charge in [0.05, 0.1) is 31.5 Å². The molecule has 0 spiro atoms. The van der Waals surface area contributed by atoms with Crippen molar-refractivity contribution in [2.75, 3.05) is 13.7 Å². The van der Waals surface area contributed by atoms with Crippen LogP contribution in [0.1, 0.15) is 29.6 Å². The van der Waals surface area contributed by atoms with Gasteiger partial charge in [0.25, 0.3) is 0 Å². The van der Waals surface area contributed by atoms with Gasteiger partial charge in [-0.25, -0.2) is 4.79 Å². The molecule has 5 nitrogen and oxygen atoms in total. The van der Waals surface area contributed by atoms with Crippen molar-refractivity contribution >= 4 is 5.97 Å². The second-order valence-corrected chi connectivity index (χ2v) is 6.79. The molecule has 2 aromatic rings. The number of hydrogen-bond acceptors (Lipinski definition) is 5. The molecule has 3 atom stereocenters. The van der Waals surface area contributed by atoms with E-state index in [-0.39, 0.29) is 0 Å². The summed E-state index contributed by atoms with van der Waals surface area (Å²) in [6.07, 6.45) is 4.38. The molecule has 1 saturated heterocycles. The lowest BCUT2D eigenvalue weighted by Crippen LogP contribution is -2.19. The molecular weight excluding hydrogens is 332 g/mol. The first-order valence-corrected chi connectivity index (χ1v) is 8.96. The zero-order valence-electron chi connectivity index (χ0n) is 14.7. The number of benzene rings is 2. The van der Waals surface area contributed by atoms with E-state index in [1.165, 1.54) is 0 Å². The minimum atomic E-state index is -0.397. The van der Waals surface area contributed by atoms with Crippen LogP contribution in [0.25, 0.3) is 0 Å². The largest absolute Gasteiger partial charge is 0.497 e. The predicted octanol–water partition coefficient (Wildman–Crippen LogP) is 3.86. The molecule has 1 aliphatic carbocycles. The third-order valence-corrected chi connectivity index (χ3v) is 4.96. The Morgan fingerprint density at radius 1 is 0.962 bits per heavy atom. The summed E-state index contributed by atoms with van der Waals surface area (Å²) >= 11 is 0. The van der Waals surface area contributed by atoms with Gasteiger partial charge in [-0.3, -0.25) is 0 Å². The lowest BCUT2D eigenvalue weighted by atomic mass is 9.90. The van der Waals surface area contributed by atoms with Crippen molar-refractivity contribution in [3.8, 4) is 17.2 Å². The van der Waals surface area contributed by atoms with Gasteiger partial charge in [-0.05, 0) is 73.7 Å². The third-order valence-electron chi connectivity index (χ3n) is 4.96. The maximum Gasteiger partial charge on any atom is 0.343 e. The van der Waals surface area contributed by atoms with Crippen molar-refractivity contribution in [1.82, 2.24) is 0 Å². The molecule has 2 aromatic carbocycles. The van der Waals surface area contributed by atoms with Crippen LogP contribution in [0.15, 0.2) is 48.5 Å². The van der Waals surface area contributed by atoms with E-state index in [1.54, 1.807) is 43.5 Å². The Hall–Kier alpha value is -2.53. The summed E-state index contributed by atoms with van der Waals surface area (Å²) in [5, 5.41) is 0. The van der Waals surface area contributed by atoms with Crippen molar-refractivity contribution < 1.29 is 23.7 Å². The number of hydrogen-bond donors (Lipinski definition) is 0. The average Bonchev–Trinajstić information content (AvgIpc) is 3.46. The highest BCUT2D eigenvalue weighted by Gasteiger charge is 2.43. The molecule has 26 heavy (non-hydrogen) atoms. The zero-order chi connectivity index (χ0) is 17.9. The summed E-state index contributed by atoms with van der Waals surface area (Å²) < 4.78 is 21.9. The number of esters is 1. The normalized spacial score (nSPS) is 23.7. The van der Waals surface area contributed by atoms with Crippen molar-refractivity contribution in [2.45, 2.75) is 31.5 Å². The molecule has 1 aliphatic heterocycles. The van der Waals surface area contributed by atoms with Crippen LogP contribution in [-0.4, -0.2) is 31.9 Å². The summed E-state index contributed by atoms with van der Waals surface area (Å²) in [6.45, 7) is 0.697. The van der Waals surface area contributed by atoms with Crippen molar-refractivity contribution in [2.24, 2.45) is 5.92 Å². The number of carbonyl (C=O) groups is 1. The van der Waals surface area contributed by atoms with Gasteiger partial charge >= 0.3 is 5.97 Å². The fraction of sp³-hybridized carbons (Fsp3) is 0.381. The van der Waals surface area contributed by atoms with Crippen molar-refractivity contribution in [3.63, 3.8) is 0 Å². The van der Waals surface area contributed by atoms with E-state index in [9.17, 15) is 4.79 Å². The van der Waals surface area contributed by atoms with Crippen molar-refractivity contribution in [3.05, 3.63) is 54.1 Å². The van der Waals surface area contributed by atoms with Crippen LogP contribution < -0.4 is 14.2 Å². The molecule has 5 heteroatoms. The number of fused-ring (bicyclic) bond motifs is 1. The Kier molecular flexibility index (Phi) is 4.80. The molecule has 4 rings (SSSR count). The molecule has 0 amide bonds. The van der Waals surface area contributed by atoms with Gasteiger partial charge in [0.1, 0.15) is 17.2 Å². The number of ether oxygens (including phenoxy) is 4. The third kappa shape index (κ3) is 3.99. The summed E-state index contributed by atoms with van der Waals surface area (Å²) in [6, 6.07) is 14.0. The fourth-order valence-electron chi connectivity index (χ4n) is 3.35. The first-order chi connectivity index (χ1) is 12.7. The van der Waals surface area contributed by atoms with Crippen LogP contribution in [0.3, 0.4) is 0 Å². The van der Waals surface area contributed by atoms with E-state index in [1.807, 2.05) is 12.1 Å². The Morgan fingerprint density at radius 3 is 2.35 bits per heavy atom. The number of rotatable bonds is 6. The van der Waals surface area contributed by atoms with Crippen LogP contribution in [0.2, 0.25) is 0 Å². The number of carbonyl (C=O) groups excluding carboxylic acids is 1. The van der Waals surface area contributed by atoms with E-state index in [4.69, 9.17) is 18.9 Å². The minimum absolute atomic E-state index is 0.397. The molecule has 3 unspecified atom stereocenters. The lowest BCUT2D eigenvalue weighted by Gasteiger charge is -2.19. The Bertz CT molecular complexity index is 753. The highest BCUT2D eigenvalue weighted by atomic mass is 16.6. The lowest BCUT2D eigenvalue weighted by molar-refractivity contribution is 0.0734. The predicted molar refractivity (Wildman–Crippen MR) is 95.9 cm³/mol. The maximum atomic E-state index is 12.2. The van der Waals surface area contributed by atoms with Crippen LogP contribution in [-0.2, 0) is 4.74 Å². The van der Waals surface area contributed by atoms with Crippen molar-refractivity contribution in [1.29, 1.82) is 0 Å². The topological polar surface area (TPSA) is 57.3 Å². The average molecular weight is 354 g/mol. The Labute approximate surface area is 152 Å². The molecule has 1 saturated carbocycles. The molecule has 2 fully saturated rings. The van der Waals surface area contributed by atoms with E-state index in [2.05, 4.69) is 0 Å².